The van der Waals surface area contributed by atoms with Crippen LogP contribution in [-0.2, 0) is 0 Å². The van der Waals surface area contributed by atoms with E-state index in [1.807, 2.05) is 48.6 Å². The summed E-state index contributed by atoms with van der Waals surface area (Å²) < 4.78 is 0. The van der Waals surface area contributed by atoms with Gasteiger partial charge in [0.15, 0.2) is 0 Å². The zero-order chi connectivity index (χ0) is 12.9. The lowest BCUT2D eigenvalue weighted by atomic mass is 10.3. The van der Waals surface area contributed by atoms with Crippen molar-refractivity contribution in [3.8, 4) is 23.7 Å². The number of hydrogen-bond acceptors (Lipinski definition) is 1. The van der Waals surface area contributed by atoms with Gasteiger partial charge in [0.25, 0.3) is 0 Å². The third-order valence-electron chi connectivity index (χ3n) is 2.44. The monoisotopic (exact) mass is 256 g/mol. The van der Waals surface area contributed by atoms with E-state index in [9.17, 15) is 0 Å². The molecule has 19 heavy (non-hydrogen) atoms. The fourth-order valence-electron chi connectivity index (χ4n) is 1.55. The predicted molar refractivity (Wildman–Crippen MR) is 79.5 cm³/mol. The van der Waals surface area contributed by atoms with Crippen LogP contribution >= 0.6 is 11.3 Å². The fraction of sp³-hybridized carbons (Fsp3) is 0. The minimum atomic E-state index is 0.924. The van der Waals surface area contributed by atoms with Gasteiger partial charge in [-0.3, -0.25) is 0 Å². The molecule has 1 aromatic heterocycles. The Labute approximate surface area is 116 Å². The lowest BCUT2D eigenvalue weighted by Crippen LogP contribution is -1.66. The van der Waals surface area contributed by atoms with Crippen LogP contribution in [0.5, 0.6) is 0 Å². The molecule has 1 aromatic rings. The van der Waals surface area contributed by atoms with Crippen LogP contribution in [0.4, 0.5) is 0 Å². The maximum Gasteiger partial charge on any atom is 0.0785 e. The van der Waals surface area contributed by atoms with Gasteiger partial charge in [-0.05, 0) is 48.3 Å². The molecule has 0 spiro atoms. The summed E-state index contributed by atoms with van der Waals surface area (Å²) in [5.74, 6) is 12.4. The molecule has 3 rings (SSSR count). The van der Waals surface area contributed by atoms with Gasteiger partial charge in [-0.15, -0.1) is 22.8 Å². The SMILES string of the molecule is C1=CC=CC=1C#Cc1ccc(C#CC2=C=CC=C2)s1. The summed E-state index contributed by atoms with van der Waals surface area (Å²) in [4.78, 5) is 2.04. The van der Waals surface area contributed by atoms with Crippen LogP contribution < -0.4 is 0 Å². The van der Waals surface area contributed by atoms with Gasteiger partial charge in [0.1, 0.15) is 0 Å². The molecular formula is C18H8S. The molecular weight excluding hydrogens is 248 g/mol. The highest BCUT2D eigenvalue weighted by Crippen LogP contribution is 2.15. The van der Waals surface area contributed by atoms with E-state index in [0.717, 1.165) is 20.9 Å². The Morgan fingerprint density at radius 2 is 1.26 bits per heavy atom. The smallest absolute Gasteiger partial charge is 0.0785 e. The van der Waals surface area contributed by atoms with Crippen LogP contribution in [0.15, 0.2) is 71.2 Å². The average molecular weight is 256 g/mol. The second kappa shape index (κ2) is 5.32. The summed E-state index contributed by atoms with van der Waals surface area (Å²) in [6, 6.07) is 4.00. The van der Waals surface area contributed by atoms with Gasteiger partial charge < -0.3 is 0 Å². The molecule has 0 aliphatic heterocycles. The first-order valence-electron chi connectivity index (χ1n) is 5.81. The molecule has 0 atom stereocenters. The Hall–Kier alpha value is -2.66. The van der Waals surface area contributed by atoms with Crippen LogP contribution in [0, 0.1) is 23.7 Å². The van der Waals surface area contributed by atoms with E-state index in [4.69, 9.17) is 0 Å². The molecule has 0 saturated heterocycles. The highest BCUT2D eigenvalue weighted by molar-refractivity contribution is 7.13. The maximum atomic E-state index is 3.12. The second-order valence-corrected chi connectivity index (χ2v) is 4.92. The van der Waals surface area contributed by atoms with E-state index in [-0.39, 0.29) is 0 Å². The molecule has 0 saturated carbocycles. The summed E-state index contributed by atoms with van der Waals surface area (Å²) in [6.07, 6.45) is 11.5. The molecule has 0 N–H and O–H groups in total. The largest absolute Gasteiger partial charge is 0.118 e. The fourth-order valence-corrected chi connectivity index (χ4v) is 2.26. The van der Waals surface area contributed by atoms with Crippen LogP contribution in [0.3, 0.4) is 0 Å². The molecule has 0 aromatic carbocycles. The Balaban J connectivity index is 1.76. The van der Waals surface area contributed by atoms with E-state index in [0.29, 0.717) is 0 Å². The third kappa shape index (κ3) is 2.97. The van der Waals surface area contributed by atoms with Crippen molar-refractivity contribution in [1.29, 1.82) is 0 Å². The van der Waals surface area contributed by atoms with Crippen molar-refractivity contribution in [3.63, 3.8) is 0 Å². The number of hydrogen-bond donors (Lipinski definition) is 0. The molecule has 0 nitrogen and oxygen atoms in total. The van der Waals surface area contributed by atoms with E-state index < -0.39 is 0 Å². The molecule has 1 heterocycles. The quantitative estimate of drug-likeness (QED) is 0.490. The van der Waals surface area contributed by atoms with Gasteiger partial charge >= 0.3 is 0 Å². The van der Waals surface area contributed by atoms with E-state index >= 15 is 0 Å². The van der Waals surface area contributed by atoms with Crippen molar-refractivity contribution in [2.45, 2.75) is 0 Å². The Morgan fingerprint density at radius 3 is 1.68 bits per heavy atom. The van der Waals surface area contributed by atoms with Crippen LogP contribution in [0.25, 0.3) is 0 Å². The lowest BCUT2D eigenvalue weighted by molar-refractivity contribution is 1.84. The van der Waals surface area contributed by atoms with Crippen LogP contribution in [-0.4, -0.2) is 0 Å². The minimum Gasteiger partial charge on any atom is -0.118 e. The first kappa shape index (κ1) is 11.4. The van der Waals surface area contributed by atoms with E-state index in [1.165, 1.54) is 0 Å². The molecule has 0 amide bonds. The van der Waals surface area contributed by atoms with Gasteiger partial charge in [0, 0.05) is 0 Å². The first-order chi connectivity index (χ1) is 9.40. The molecule has 2 aliphatic carbocycles. The molecule has 0 unspecified atom stereocenters. The summed E-state index contributed by atoms with van der Waals surface area (Å²) >= 11 is 1.60. The predicted octanol–water partition coefficient (Wildman–Crippen LogP) is 3.75. The van der Waals surface area contributed by atoms with Crippen molar-refractivity contribution in [3.05, 3.63) is 81.0 Å². The molecule has 2 aliphatic rings. The first-order valence-corrected chi connectivity index (χ1v) is 6.62. The second-order valence-electron chi connectivity index (χ2n) is 3.83. The molecule has 0 fully saturated rings. The Kier molecular flexibility index (Phi) is 3.20. The summed E-state index contributed by atoms with van der Waals surface area (Å²) in [7, 11) is 0. The topological polar surface area (TPSA) is 0 Å². The van der Waals surface area contributed by atoms with Gasteiger partial charge in [-0.1, -0.05) is 24.0 Å². The van der Waals surface area contributed by atoms with Gasteiger partial charge in [0.05, 0.1) is 20.9 Å². The third-order valence-corrected chi connectivity index (χ3v) is 3.36. The number of rotatable bonds is 0. The Bertz CT molecular complexity index is 762. The van der Waals surface area contributed by atoms with Gasteiger partial charge in [-0.25, -0.2) is 0 Å². The zero-order valence-corrected chi connectivity index (χ0v) is 10.8. The highest BCUT2D eigenvalue weighted by Gasteiger charge is 1.95. The van der Waals surface area contributed by atoms with Crippen molar-refractivity contribution < 1.29 is 0 Å². The molecule has 0 bridgehead atoms. The normalized spacial score (nSPS) is 13.7. The standard InChI is InChI=1S/C18H8S/c1-2-6-15(5-1)9-11-17-13-14-18(19-17)12-10-16-7-3-4-8-16/h1-5,7,13-14H. The lowest BCUT2D eigenvalue weighted by Gasteiger charge is -1.80. The summed E-state index contributed by atoms with van der Waals surface area (Å²) in [5, 5.41) is 0. The van der Waals surface area contributed by atoms with Crippen LogP contribution in [0.1, 0.15) is 9.75 Å². The van der Waals surface area contributed by atoms with Crippen molar-refractivity contribution in [2.75, 3.05) is 0 Å². The van der Waals surface area contributed by atoms with E-state index in [2.05, 4.69) is 35.1 Å². The average Bonchev–Trinajstić information content (AvgIpc) is 3.16. The zero-order valence-electron chi connectivity index (χ0n) is 10.0. The summed E-state index contributed by atoms with van der Waals surface area (Å²) in [6.45, 7) is 0. The maximum absolute atomic E-state index is 3.12. The van der Waals surface area contributed by atoms with Crippen LogP contribution in [0.2, 0.25) is 0 Å². The Morgan fingerprint density at radius 1 is 0.737 bits per heavy atom. The van der Waals surface area contributed by atoms with Crippen molar-refractivity contribution in [1.82, 2.24) is 0 Å². The number of thiophene rings is 1. The number of allylic oxidation sites excluding steroid dienone is 6. The molecule has 1 heteroatoms. The van der Waals surface area contributed by atoms with Gasteiger partial charge in [0.2, 0.25) is 0 Å². The minimum absolute atomic E-state index is 0.924. The van der Waals surface area contributed by atoms with E-state index in [1.54, 1.807) is 11.3 Å². The molecule has 0 radical (unpaired) electrons. The highest BCUT2D eigenvalue weighted by atomic mass is 32.1. The molecule has 86 valence electrons. The summed E-state index contributed by atoms with van der Waals surface area (Å²) in [5.41, 5.74) is 7.96. The van der Waals surface area contributed by atoms with Crippen molar-refractivity contribution >= 4 is 11.3 Å². The van der Waals surface area contributed by atoms with Gasteiger partial charge in [-0.2, -0.15) is 0 Å². The van der Waals surface area contributed by atoms with Crippen molar-refractivity contribution in [2.24, 2.45) is 0 Å².